The predicted molar refractivity (Wildman–Crippen MR) is 45.9 cm³/mol. The summed E-state index contributed by atoms with van der Waals surface area (Å²) in [7, 11) is 0. The molecule has 0 fully saturated rings. The van der Waals surface area contributed by atoms with Crippen LogP contribution in [0.5, 0.6) is 0 Å². The molecule has 0 unspecified atom stereocenters. The largest absolute Gasteiger partial charge is 0.243 e. The number of aromatic nitrogens is 2. The van der Waals surface area contributed by atoms with Crippen LogP contribution >= 0.6 is 0 Å². The zero-order chi connectivity index (χ0) is 9.42. The molecule has 0 atom stereocenters. The van der Waals surface area contributed by atoms with Gasteiger partial charge in [0.1, 0.15) is 16.9 Å². The molecule has 0 radical (unpaired) electrons. The molecule has 0 amide bonds. The molecule has 3 nitrogen and oxygen atoms in total. The van der Waals surface area contributed by atoms with Gasteiger partial charge in [-0.2, -0.15) is 0 Å². The Morgan fingerprint density at radius 1 is 1.23 bits per heavy atom. The number of hydrogen-bond donors (Lipinski definition) is 0. The maximum Gasteiger partial charge on any atom is 0.138 e. The third-order valence-electron chi connectivity index (χ3n) is 1.99. The number of rotatable bonds is 1. The average Bonchev–Trinajstić information content (AvgIpc) is 2.48. The summed E-state index contributed by atoms with van der Waals surface area (Å²) in [5, 5.41) is 7.20. The molecule has 0 bridgehead atoms. The van der Waals surface area contributed by atoms with Gasteiger partial charge in [-0.1, -0.05) is 13.8 Å². The minimum Gasteiger partial charge on any atom is -0.243 e. The van der Waals surface area contributed by atoms with Crippen LogP contribution in [-0.2, 0) is 0 Å². The van der Waals surface area contributed by atoms with E-state index < -0.39 is 0 Å². The van der Waals surface area contributed by atoms with Crippen molar-refractivity contribution in [3.8, 4) is 0 Å². The van der Waals surface area contributed by atoms with Crippen LogP contribution in [0.3, 0.4) is 0 Å². The molecule has 0 aliphatic heterocycles. The maximum absolute atomic E-state index is 13.3. The SMILES string of the molecule is CC(C)c1cc2nonc2cc1F. The van der Waals surface area contributed by atoms with Gasteiger partial charge in [0.05, 0.1) is 0 Å². The van der Waals surface area contributed by atoms with Gasteiger partial charge in [0.2, 0.25) is 0 Å². The fourth-order valence-electron chi connectivity index (χ4n) is 1.26. The van der Waals surface area contributed by atoms with Gasteiger partial charge in [-0.25, -0.2) is 9.02 Å². The van der Waals surface area contributed by atoms with E-state index in [-0.39, 0.29) is 11.7 Å². The maximum atomic E-state index is 13.3. The molecule has 1 aromatic heterocycles. The highest BCUT2D eigenvalue weighted by molar-refractivity contribution is 5.74. The highest BCUT2D eigenvalue weighted by Crippen LogP contribution is 2.22. The third-order valence-corrected chi connectivity index (χ3v) is 1.99. The molecule has 0 N–H and O–H groups in total. The molecule has 1 aromatic carbocycles. The standard InChI is InChI=1S/C9H9FN2O/c1-5(2)6-3-8-9(4-7(6)10)12-13-11-8/h3-5H,1-2H3. The predicted octanol–water partition coefficient (Wildman–Crippen LogP) is 2.49. The Hall–Kier alpha value is -1.45. The summed E-state index contributed by atoms with van der Waals surface area (Å²) in [6, 6.07) is 3.02. The number of nitrogens with zero attached hydrogens (tertiary/aromatic N) is 2. The first kappa shape index (κ1) is 8.16. The zero-order valence-electron chi connectivity index (χ0n) is 7.41. The van der Waals surface area contributed by atoms with Crippen molar-refractivity contribution in [1.29, 1.82) is 0 Å². The summed E-state index contributed by atoms with van der Waals surface area (Å²) in [4.78, 5) is 0. The summed E-state index contributed by atoms with van der Waals surface area (Å²) >= 11 is 0. The number of benzene rings is 1. The first-order chi connectivity index (χ1) is 6.18. The van der Waals surface area contributed by atoms with Crippen LogP contribution in [0.25, 0.3) is 11.0 Å². The molecule has 1 heterocycles. The highest BCUT2D eigenvalue weighted by atomic mass is 19.1. The molecule has 0 saturated carbocycles. The second kappa shape index (κ2) is 2.80. The van der Waals surface area contributed by atoms with Gasteiger partial charge in [-0.15, -0.1) is 0 Å². The second-order valence-corrected chi connectivity index (χ2v) is 3.28. The quantitative estimate of drug-likeness (QED) is 0.676. The lowest BCUT2D eigenvalue weighted by Gasteiger charge is -2.04. The van der Waals surface area contributed by atoms with Crippen LogP contribution in [0.1, 0.15) is 25.3 Å². The molecule has 0 spiro atoms. The summed E-state index contributed by atoms with van der Waals surface area (Å²) in [6.45, 7) is 3.86. The van der Waals surface area contributed by atoms with Crippen molar-refractivity contribution in [3.05, 3.63) is 23.5 Å². The van der Waals surface area contributed by atoms with Crippen molar-refractivity contribution in [2.24, 2.45) is 0 Å². The Balaban J connectivity index is 2.69. The zero-order valence-corrected chi connectivity index (χ0v) is 7.41. The Morgan fingerprint density at radius 2 is 1.85 bits per heavy atom. The van der Waals surface area contributed by atoms with E-state index in [1.54, 1.807) is 6.07 Å². The summed E-state index contributed by atoms with van der Waals surface area (Å²) in [5.74, 6) is -0.112. The average molecular weight is 180 g/mol. The third kappa shape index (κ3) is 1.28. The Kier molecular flexibility index (Phi) is 1.76. The Morgan fingerprint density at radius 3 is 2.46 bits per heavy atom. The van der Waals surface area contributed by atoms with Crippen molar-refractivity contribution < 1.29 is 9.02 Å². The number of fused-ring (bicyclic) bond motifs is 1. The van der Waals surface area contributed by atoms with Crippen LogP contribution in [0.2, 0.25) is 0 Å². The molecule has 0 aliphatic rings. The van der Waals surface area contributed by atoms with Gasteiger partial charge in [0.25, 0.3) is 0 Å². The molecule has 4 heteroatoms. The molecular formula is C9H9FN2O. The fourth-order valence-corrected chi connectivity index (χ4v) is 1.26. The van der Waals surface area contributed by atoms with Gasteiger partial charge in [-0.3, -0.25) is 0 Å². The van der Waals surface area contributed by atoms with E-state index in [0.29, 0.717) is 16.6 Å². The highest BCUT2D eigenvalue weighted by Gasteiger charge is 2.10. The van der Waals surface area contributed by atoms with Crippen LogP contribution in [0.4, 0.5) is 4.39 Å². The molecular weight excluding hydrogens is 171 g/mol. The normalized spacial score (nSPS) is 11.4. The van der Waals surface area contributed by atoms with Crippen molar-refractivity contribution in [2.45, 2.75) is 19.8 Å². The van der Waals surface area contributed by atoms with Crippen molar-refractivity contribution >= 4 is 11.0 Å². The van der Waals surface area contributed by atoms with Gasteiger partial charge in [-0.05, 0) is 27.9 Å². The smallest absolute Gasteiger partial charge is 0.138 e. The van der Waals surface area contributed by atoms with E-state index in [0.717, 1.165) is 0 Å². The fraction of sp³-hybridized carbons (Fsp3) is 0.333. The minimum atomic E-state index is -0.252. The van der Waals surface area contributed by atoms with E-state index in [1.807, 2.05) is 13.8 Å². The lowest BCUT2D eigenvalue weighted by atomic mass is 10.0. The van der Waals surface area contributed by atoms with E-state index in [1.165, 1.54) is 6.07 Å². The molecule has 2 aromatic rings. The number of halogens is 1. The van der Waals surface area contributed by atoms with Crippen molar-refractivity contribution in [3.63, 3.8) is 0 Å². The molecule has 13 heavy (non-hydrogen) atoms. The Bertz CT molecular complexity index is 436. The van der Waals surface area contributed by atoms with Gasteiger partial charge in [0.15, 0.2) is 0 Å². The summed E-state index contributed by atoms with van der Waals surface area (Å²) in [6.07, 6.45) is 0. The first-order valence-electron chi connectivity index (χ1n) is 4.10. The van der Waals surface area contributed by atoms with Crippen LogP contribution in [0, 0.1) is 5.82 Å². The topological polar surface area (TPSA) is 38.9 Å². The Labute approximate surface area is 74.5 Å². The monoisotopic (exact) mass is 180 g/mol. The van der Waals surface area contributed by atoms with Crippen LogP contribution < -0.4 is 0 Å². The van der Waals surface area contributed by atoms with Crippen LogP contribution in [-0.4, -0.2) is 10.3 Å². The van der Waals surface area contributed by atoms with Crippen LogP contribution in [0.15, 0.2) is 16.8 Å². The summed E-state index contributed by atoms with van der Waals surface area (Å²) in [5.41, 5.74) is 1.70. The molecule has 0 saturated heterocycles. The number of hydrogen-bond acceptors (Lipinski definition) is 3. The van der Waals surface area contributed by atoms with E-state index >= 15 is 0 Å². The first-order valence-corrected chi connectivity index (χ1v) is 4.10. The summed E-state index contributed by atoms with van der Waals surface area (Å²) < 4.78 is 17.8. The molecule has 0 aliphatic carbocycles. The second-order valence-electron chi connectivity index (χ2n) is 3.28. The van der Waals surface area contributed by atoms with E-state index in [4.69, 9.17) is 0 Å². The minimum absolute atomic E-state index is 0.140. The van der Waals surface area contributed by atoms with Gasteiger partial charge < -0.3 is 0 Å². The van der Waals surface area contributed by atoms with Crippen molar-refractivity contribution in [1.82, 2.24) is 10.3 Å². The van der Waals surface area contributed by atoms with E-state index in [9.17, 15) is 4.39 Å². The van der Waals surface area contributed by atoms with Gasteiger partial charge >= 0.3 is 0 Å². The molecule has 2 rings (SSSR count). The lowest BCUT2D eigenvalue weighted by molar-refractivity contribution is 0.315. The van der Waals surface area contributed by atoms with E-state index in [2.05, 4.69) is 14.9 Å². The lowest BCUT2D eigenvalue weighted by Crippen LogP contribution is -1.92. The molecule has 68 valence electrons. The van der Waals surface area contributed by atoms with Gasteiger partial charge in [0, 0.05) is 6.07 Å². The van der Waals surface area contributed by atoms with Crippen molar-refractivity contribution in [2.75, 3.05) is 0 Å².